The molecule has 1 aromatic heterocycles. The van der Waals surface area contributed by atoms with Gasteiger partial charge >= 0.3 is 0 Å². The molecule has 1 atom stereocenters. The fourth-order valence-electron chi connectivity index (χ4n) is 1.64. The Morgan fingerprint density at radius 3 is 3.15 bits per heavy atom. The molecule has 1 N–H and O–H groups in total. The van der Waals surface area contributed by atoms with Crippen LogP contribution < -0.4 is 5.32 Å². The normalized spacial score (nSPS) is 27.8. The summed E-state index contributed by atoms with van der Waals surface area (Å²) in [7, 11) is 0. The van der Waals surface area contributed by atoms with Crippen LogP contribution in [0.2, 0.25) is 0 Å². The lowest BCUT2D eigenvalue weighted by atomic mass is 9.84. The number of ketones is 1. The summed E-state index contributed by atoms with van der Waals surface area (Å²) in [6.07, 6.45) is 0.920. The van der Waals surface area contributed by atoms with Crippen LogP contribution >= 0.6 is 11.3 Å². The summed E-state index contributed by atoms with van der Waals surface area (Å²) < 4.78 is 0. The topological polar surface area (TPSA) is 42.0 Å². The number of nitrogens with one attached hydrogen (secondary N) is 1. The molecule has 0 amide bonds. The predicted molar refractivity (Wildman–Crippen MR) is 52.0 cm³/mol. The number of carbonyl (C=O) groups excluding carboxylic acids is 1. The van der Waals surface area contributed by atoms with Gasteiger partial charge in [-0.1, -0.05) is 6.92 Å². The maximum absolute atomic E-state index is 11.9. The van der Waals surface area contributed by atoms with Gasteiger partial charge < -0.3 is 5.32 Å². The van der Waals surface area contributed by atoms with Crippen LogP contribution in [0, 0.1) is 5.41 Å². The number of nitrogens with zero attached hydrogens (tertiary/aromatic N) is 1. The van der Waals surface area contributed by atoms with Gasteiger partial charge in [0.15, 0.2) is 5.78 Å². The molecule has 0 spiro atoms. The van der Waals surface area contributed by atoms with E-state index in [1.54, 1.807) is 5.51 Å². The number of aromatic nitrogens is 1. The van der Waals surface area contributed by atoms with Crippen LogP contribution in [0.4, 0.5) is 0 Å². The Bertz CT molecular complexity index is 301. The fourth-order valence-corrected chi connectivity index (χ4v) is 2.18. The summed E-state index contributed by atoms with van der Waals surface area (Å²) in [4.78, 5) is 16.0. The van der Waals surface area contributed by atoms with E-state index in [-0.39, 0.29) is 11.2 Å². The Kier molecular flexibility index (Phi) is 2.17. The molecule has 0 bridgehead atoms. The third kappa shape index (κ3) is 1.51. The van der Waals surface area contributed by atoms with Crippen molar-refractivity contribution in [1.29, 1.82) is 0 Å². The van der Waals surface area contributed by atoms with Crippen molar-refractivity contribution in [2.75, 3.05) is 13.1 Å². The Labute approximate surface area is 81.2 Å². The van der Waals surface area contributed by atoms with Crippen LogP contribution in [0.1, 0.15) is 23.8 Å². The first kappa shape index (κ1) is 8.84. The average Bonchev–Trinajstić information content (AvgIpc) is 2.73. The molecule has 0 aliphatic carbocycles. The quantitative estimate of drug-likeness (QED) is 0.725. The van der Waals surface area contributed by atoms with Crippen LogP contribution in [0.15, 0.2) is 10.9 Å². The molecule has 1 saturated heterocycles. The first-order valence-corrected chi connectivity index (χ1v) is 5.30. The summed E-state index contributed by atoms with van der Waals surface area (Å²) in [5.74, 6) is 0.179. The summed E-state index contributed by atoms with van der Waals surface area (Å²) >= 11 is 1.47. The van der Waals surface area contributed by atoms with Crippen molar-refractivity contribution in [2.45, 2.75) is 13.3 Å². The van der Waals surface area contributed by atoms with Gasteiger partial charge in [-0.05, 0) is 13.0 Å². The summed E-state index contributed by atoms with van der Waals surface area (Å²) in [5.41, 5.74) is 2.10. The lowest BCUT2D eigenvalue weighted by molar-refractivity contribution is 0.0835. The molecule has 1 aliphatic heterocycles. The third-order valence-electron chi connectivity index (χ3n) is 2.58. The SMILES string of the molecule is CC1(C(=O)c2cscn2)CCNC1. The molecule has 0 aromatic carbocycles. The number of hydrogen-bond donors (Lipinski definition) is 1. The standard InChI is InChI=1S/C9H12N2OS/c1-9(2-3-10-5-9)8(12)7-4-13-6-11-7/h4,6,10H,2-3,5H2,1H3. The number of carbonyl (C=O) groups is 1. The highest BCUT2D eigenvalue weighted by atomic mass is 32.1. The predicted octanol–water partition coefficient (Wildman–Crippen LogP) is 1.33. The van der Waals surface area contributed by atoms with Crippen LogP contribution in [0.3, 0.4) is 0 Å². The van der Waals surface area contributed by atoms with E-state index in [2.05, 4.69) is 10.3 Å². The molecule has 3 nitrogen and oxygen atoms in total. The number of hydrogen-bond acceptors (Lipinski definition) is 4. The highest BCUT2D eigenvalue weighted by molar-refractivity contribution is 7.07. The first-order chi connectivity index (χ1) is 6.22. The van der Waals surface area contributed by atoms with E-state index in [0.29, 0.717) is 5.69 Å². The lowest BCUT2D eigenvalue weighted by Gasteiger charge is -2.18. The third-order valence-corrected chi connectivity index (χ3v) is 3.17. The lowest BCUT2D eigenvalue weighted by Crippen LogP contribution is -2.30. The van der Waals surface area contributed by atoms with E-state index >= 15 is 0 Å². The number of Topliss-reactive ketones (excluding diaryl/α,β-unsaturated/α-hetero) is 1. The molecular weight excluding hydrogens is 184 g/mol. The van der Waals surface area contributed by atoms with Gasteiger partial charge in [-0.3, -0.25) is 4.79 Å². The van der Waals surface area contributed by atoms with Gasteiger partial charge in [-0.2, -0.15) is 0 Å². The van der Waals surface area contributed by atoms with Crippen molar-refractivity contribution >= 4 is 17.1 Å². The van der Waals surface area contributed by atoms with Gasteiger partial charge in [0.2, 0.25) is 0 Å². The number of thiazole rings is 1. The second-order valence-corrected chi connectivity index (χ2v) is 4.41. The van der Waals surface area contributed by atoms with Crippen LogP contribution in [0.25, 0.3) is 0 Å². The Balaban J connectivity index is 2.21. The van der Waals surface area contributed by atoms with Crippen molar-refractivity contribution in [3.05, 3.63) is 16.6 Å². The Hall–Kier alpha value is -0.740. The minimum atomic E-state index is -0.228. The van der Waals surface area contributed by atoms with Crippen LogP contribution in [-0.2, 0) is 0 Å². The van der Waals surface area contributed by atoms with Gasteiger partial charge in [0.05, 0.1) is 5.51 Å². The van der Waals surface area contributed by atoms with Crippen molar-refractivity contribution < 1.29 is 4.79 Å². The Morgan fingerprint density at radius 2 is 2.62 bits per heavy atom. The maximum atomic E-state index is 11.9. The van der Waals surface area contributed by atoms with Crippen LogP contribution in [-0.4, -0.2) is 23.9 Å². The highest BCUT2D eigenvalue weighted by Crippen LogP contribution is 2.28. The fraction of sp³-hybridized carbons (Fsp3) is 0.556. The zero-order valence-electron chi connectivity index (χ0n) is 7.54. The highest BCUT2D eigenvalue weighted by Gasteiger charge is 2.37. The van der Waals surface area contributed by atoms with Gasteiger partial charge in [0.1, 0.15) is 5.69 Å². The Morgan fingerprint density at radius 1 is 1.77 bits per heavy atom. The van der Waals surface area contributed by atoms with E-state index in [1.165, 1.54) is 11.3 Å². The van der Waals surface area contributed by atoms with Gasteiger partial charge in [0, 0.05) is 17.3 Å². The zero-order chi connectivity index (χ0) is 9.31. The van der Waals surface area contributed by atoms with E-state index in [9.17, 15) is 4.79 Å². The molecule has 13 heavy (non-hydrogen) atoms. The molecule has 2 heterocycles. The minimum absolute atomic E-state index is 0.179. The average molecular weight is 196 g/mol. The van der Waals surface area contributed by atoms with E-state index in [1.807, 2.05) is 12.3 Å². The van der Waals surface area contributed by atoms with Crippen molar-refractivity contribution in [3.63, 3.8) is 0 Å². The molecule has 0 saturated carbocycles. The van der Waals surface area contributed by atoms with Gasteiger partial charge in [-0.25, -0.2) is 4.98 Å². The molecule has 70 valence electrons. The summed E-state index contributed by atoms with van der Waals surface area (Å²) in [6, 6.07) is 0. The molecule has 1 aliphatic rings. The molecule has 1 unspecified atom stereocenters. The maximum Gasteiger partial charge on any atom is 0.189 e. The van der Waals surface area contributed by atoms with E-state index in [4.69, 9.17) is 0 Å². The monoisotopic (exact) mass is 196 g/mol. The number of rotatable bonds is 2. The molecule has 2 rings (SSSR count). The largest absolute Gasteiger partial charge is 0.316 e. The summed E-state index contributed by atoms with van der Waals surface area (Å²) in [6.45, 7) is 3.73. The van der Waals surface area contributed by atoms with Crippen LogP contribution in [0.5, 0.6) is 0 Å². The van der Waals surface area contributed by atoms with Crippen molar-refractivity contribution in [2.24, 2.45) is 5.41 Å². The summed E-state index contributed by atoms with van der Waals surface area (Å²) in [5, 5.41) is 5.04. The first-order valence-electron chi connectivity index (χ1n) is 4.36. The van der Waals surface area contributed by atoms with E-state index < -0.39 is 0 Å². The zero-order valence-corrected chi connectivity index (χ0v) is 8.36. The van der Waals surface area contributed by atoms with Crippen molar-refractivity contribution in [3.8, 4) is 0 Å². The second-order valence-electron chi connectivity index (χ2n) is 3.69. The molecule has 1 fully saturated rings. The molecule has 4 heteroatoms. The molecule has 0 radical (unpaired) electrons. The molecular formula is C9H12N2OS. The smallest absolute Gasteiger partial charge is 0.189 e. The van der Waals surface area contributed by atoms with Gasteiger partial charge in [0.25, 0.3) is 0 Å². The van der Waals surface area contributed by atoms with Crippen molar-refractivity contribution in [1.82, 2.24) is 10.3 Å². The molecule has 1 aromatic rings. The van der Waals surface area contributed by atoms with E-state index in [0.717, 1.165) is 19.5 Å². The second kappa shape index (κ2) is 3.20. The van der Waals surface area contributed by atoms with Gasteiger partial charge in [-0.15, -0.1) is 11.3 Å². The minimum Gasteiger partial charge on any atom is -0.316 e.